The Labute approximate surface area is 199 Å². The third kappa shape index (κ3) is 5.61. The van der Waals surface area contributed by atoms with Crippen LogP contribution in [-0.2, 0) is 10.5 Å². The van der Waals surface area contributed by atoms with Crippen LogP contribution in [0.25, 0.3) is 11.0 Å². The maximum atomic E-state index is 12.1. The minimum Gasteiger partial charge on any atom is -0.423 e. The van der Waals surface area contributed by atoms with E-state index in [4.69, 9.17) is 4.42 Å². The highest BCUT2D eigenvalue weighted by molar-refractivity contribution is 8.00. The van der Waals surface area contributed by atoms with E-state index in [2.05, 4.69) is 40.7 Å². The molecule has 9 heteroatoms. The molecule has 2 aromatic carbocycles. The zero-order valence-corrected chi connectivity index (χ0v) is 20.4. The third-order valence-corrected chi connectivity index (χ3v) is 7.05. The van der Waals surface area contributed by atoms with Crippen LogP contribution < -0.4 is 16.3 Å². The number of anilines is 3. The number of rotatable bonds is 7. The van der Waals surface area contributed by atoms with Gasteiger partial charge in [0, 0.05) is 35.5 Å². The number of fused-ring (bicyclic) bond motifs is 1. The molecule has 0 aliphatic rings. The summed E-state index contributed by atoms with van der Waals surface area (Å²) in [5.41, 5.74) is 5.04. The largest absolute Gasteiger partial charge is 0.423 e. The van der Waals surface area contributed by atoms with Crippen molar-refractivity contribution in [2.24, 2.45) is 0 Å². The van der Waals surface area contributed by atoms with E-state index in [9.17, 15) is 9.59 Å². The molecule has 4 aromatic rings. The quantitative estimate of drug-likeness (QED) is 0.245. The van der Waals surface area contributed by atoms with Crippen molar-refractivity contribution in [3.63, 3.8) is 0 Å². The van der Waals surface area contributed by atoms with Gasteiger partial charge in [-0.25, -0.2) is 4.79 Å². The highest BCUT2D eigenvalue weighted by Crippen LogP contribution is 2.33. The van der Waals surface area contributed by atoms with Gasteiger partial charge in [-0.1, -0.05) is 43.0 Å². The van der Waals surface area contributed by atoms with Crippen LogP contribution in [0.4, 0.5) is 16.5 Å². The van der Waals surface area contributed by atoms with E-state index < -0.39 is 0 Å². The fraction of sp³-hybridized carbons (Fsp3) is 0.250. The molecule has 0 saturated heterocycles. The van der Waals surface area contributed by atoms with Gasteiger partial charge in [-0.2, -0.15) is 0 Å². The van der Waals surface area contributed by atoms with E-state index in [1.165, 1.54) is 35.6 Å². The van der Waals surface area contributed by atoms with Crippen molar-refractivity contribution in [2.75, 3.05) is 10.6 Å². The molecule has 0 bridgehead atoms. The lowest BCUT2D eigenvalue weighted by molar-refractivity contribution is -0.114. The number of aryl methyl sites for hydroxylation is 1. The maximum absolute atomic E-state index is 12.1. The molecule has 0 saturated carbocycles. The van der Waals surface area contributed by atoms with E-state index >= 15 is 0 Å². The number of nitrogens with one attached hydrogen (secondary N) is 2. The summed E-state index contributed by atoms with van der Waals surface area (Å²) < 4.78 is 6.23. The lowest BCUT2D eigenvalue weighted by Gasteiger charge is -2.12. The Hall–Kier alpha value is -3.17. The molecule has 2 aromatic heterocycles. The lowest BCUT2D eigenvalue weighted by Crippen LogP contribution is -2.05. The van der Waals surface area contributed by atoms with Crippen LogP contribution in [0.3, 0.4) is 0 Å². The fourth-order valence-corrected chi connectivity index (χ4v) is 5.36. The number of benzene rings is 2. The van der Waals surface area contributed by atoms with Gasteiger partial charge < -0.3 is 15.1 Å². The average molecular weight is 481 g/mol. The van der Waals surface area contributed by atoms with Crippen LogP contribution in [0, 0.1) is 6.92 Å². The summed E-state index contributed by atoms with van der Waals surface area (Å²) in [5.74, 6) is 0.831. The molecular formula is C24H24N4O3S2. The maximum Gasteiger partial charge on any atom is 0.336 e. The Balaban J connectivity index is 1.51. The fourth-order valence-electron chi connectivity index (χ4n) is 3.59. The van der Waals surface area contributed by atoms with Gasteiger partial charge in [0.1, 0.15) is 5.58 Å². The first-order valence-electron chi connectivity index (χ1n) is 10.5. The van der Waals surface area contributed by atoms with Crippen molar-refractivity contribution in [1.82, 2.24) is 10.2 Å². The summed E-state index contributed by atoms with van der Waals surface area (Å²) in [5, 5.41) is 16.0. The van der Waals surface area contributed by atoms with Crippen LogP contribution >= 0.6 is 23.1 Å². The van der Waals surface area contributed by atoms with Gasteiger partial charge in [0.15, 0.2) is 4.34 Å². The number of nitrogens with zero attached hydrogens (tertiary/aromatic N) is 2. The number of hydrogen-bond acceptors (Lipinski definition) is 8. The standard InChI is InChI=1S/C24H24N4O3S2/c1-13(2)19-11-20-16(9-22(30)31-21(20)8-14(19)3)12-32-24-28-27-23(33-24)26-18-7-5-6-17(10-18)25-15(4)29/h5-11,13H,12H2,1-4H3,(H,25,29)(H,26,27). The van der Waals surface area contributed by atoms with E-state index in [1.54, 1.807) is 6.07 Å². The van der Waals surface area contributed by atoms with Gasteiger partial charge in [0.2, 0.25) is 11.0 Å². The van der Waals surface area contributed by atoms with Crippen molar-refractivity contribution < 1.29 is 9.21 Å². The van der Waals surface area contributed by atoms with Crippen LogP contribution in [0.5, 0.6) is 0 Å². The van der Waals surface area contributed by atoms with Crippen molar-refractivity contribution in [3.05, 3.63) is 69.6 Å². The number of carbonyl (C=O) groups excluding carboxylic acids is 1. The summed E-state index contributed by atoms with van der Waals surface area (Å²) in [7, 11) is 0. The van der Waals surface area contributed by atoms with E-state index in [-0.39, 0.29) is 11.5 Å². The van der Waals surface area contributed by atoms with Crippen molar-refractivity contribution in [2.45, 2.75) is 43.7 Å². The molecule has 0 radical (unpaired) electrons. The molecule has 1 amide bonds. The molecule has 0 spiro atoms. The first-order chi connectivity index (χ1) is 15.8. The summed E-state index contributed by atoms with van der Waals surface area (Å²) in [6.07, 6.45) is 0. The van der Waals surface area contributed by atoms with Gasteiger partial charge in [-0.05, 0) is 59.9 Å². The molecule has 0 atom stereocenters. The third-order valence-electron chi connectivity index (χ3n) is 5.03. The lowest BCUT2D eigenvalue weighted by atomic mass is 9.95. The number of hydrogen-bond donors (Lipinski definition) is 2. The molecule has 33 heavy (non-hydrogen) atoms. The second-order valence-electron chi connectivity index (χ2n) is 8.00. The second-order valence-corrected chi connectivity index (χ2v) is 10.2. The van der Waals surface area contributed by atoms with E-state index in [0.29, 0.717) is 28.1 Å². The van der Waals surface area contributed by atoms with E-state index in [0.717, 1.165) is 26.5 Å². The van der Waals surface area contributed by atoms with Gasteiger partial charge in [0.25, 0.3) is 0 Å². The molecule has 7 nitrogen and oxygen atoms in total. The van der Waals surface area contributed by atoms with Crippen molar-refractivity contribution in [3.8, 4) is 0 Å². The van der Waals surface area contributed by atoms with Gasteiger partial charge in [-0.3, -0.25) is 4.79 Å². The van der Waals surface area contributed by atoms with Crippen molar-refractivity contribution >= 4 is 56.5 Å². The average Bonchev–Trinajstić information content (AvgIpc) is 3.18. The summed E-state index contributed by atoms with van der Waals surface area (Å²) in [6, 6.07) is 13.0. The van der Waals surface area contributed by atoms with E-state index in [1.807, 2.05) is 37.3 Å². The monoisotopic (exact) mass is 480 g/mol. The molecule has 0 aliphatic heterocycles. The minimum absolute atomic E-state index is 0.125. The van der Waals surface area contributed by atoms with Crippen LogP contribution in [0.1, 0.15) is 43.4 Å². The zero-order chi connectivity index (χ0) is 23.5. The zero-order valence-electron chi connectivity index (χ0n) is 18.8. The molecule has 2 heterocycles. The first kappa shape index (κ1) is 23.0. The van der Waals surface area contributed by atoms with Gasteiger partial charge in [0.05, 0.1) is 0 Å². The molecule has 4 rings (SSSR count). The predicted octanol–water partition coefficient (Wildman–Crippen LogP) is 6.07. The molecule has 2 N–H and O–H groups in total. The van der Waals surface area contributed by atoms with Gasteiger partial charge >= 0.3 is 5.63 Å². The Kier molecular flexibility index (Phi) is 6.80. The SMILES string of the molecule is CC(=O)Nc1cccc(Nc2nnc(SCc3cc(=O)oc4cc(C)c(C(C)C)cc34)s2)c1. The molecule has 0 unspecified atom stereocenters. The Bertz CT molecular complexity index is 1380. The summed E-state index contributed by atoms with van der Waals surface area (Å²) in [6.45, 7) is 7.82. The number of aromatic nitrogens is 2. The summed E-state index contributed by atoms with van der Waals surface area (Å²) in [4.78, 5) is 23.4. The Morgan fingerprint density at radius 1 is 1.15 bits per heavy atom. The smallest absolute Gasteiger partial charge is 0.336 e. The number of carbonyl (C=O) groups is 1. The Morgan fingerprint density at radius 3 is 2.70 bits per heavy atom. The normalized spacial score (nSPS) is 11.2. The molecule has 0 fully saturated rings. The summed E-state index contributed by atoms with van der Waals surface area (Å²) >= 11 is 2.95. The second kappa shape index (κ2) is 9.76. The van der Waals surface area contributed by atoms with Crippen molar-refractivity contribution in [1.29, 1.82) is 0 Å². The predicted molar refractivity (Wildman–Crippen MR) is 135 cm³/mol. The van der Waals surface area contributed by atoms with Crippen LogP contribution in [0.15, 0.2) is 56.0 Å². The minimum atomic E-state index is -0.353. The highest BCUT2D eigenvalue weighted by atomic mass is 32.2. The number of thioether (sulfide) groups is 1. The molecule has 170 valence electrons. The Morgan fingerprint density at radius 2 is 1.94 bits per heavy atom. The molecule has 0 aliphatic carbocycles. The van der Waals surface area contributed by atoms with Gasteiger partial charge in [-0.15, -0.1) is 10.2 Å². The topological polar surface area (TPSA) is 97.1 Å². The molecular weight excluding hydrogens is 456 g/mol. The highest BCUT2D eigenvalue weighted by Gasteiger charge is 2.13. The van der Waals surface area contributed by atoms with Crippen LogP contribution in [0.2, 0.25) is 0 Å². The first-order valence-corrected chi connectivity index (χ1v) is 12.3. The van der Waals surface area contributed by atoms with Crippen LogP contribution in [-0.4, -0.2) is 16.1 Å². The number of amides is 1.